The van der Waals surface area contributed by atoms with Crippen LogP contribution in [0.1, 0.15) is 18.1 Å². The summed E-state index contributed by atoms with van der Waals surface area (Å²) in [6.07, 6.45) is 0. The van der Waals surface area contributed by atoms with E-state index in [2.05, 4.69) is 20.8 Å². The van der Waals surface area contributed by atoms with Crippen LogP contribution in [0.3, 0.4) is 0 Å². The maximum absolute atomic E-state index is 6.01. The van der Waals surface area contributed by atoms with E-state index in [4.69, 9.17) is 14.2 Å². The Balaban J connectivity index is 1.47. The molecule has 4 aromatic rings. The van der Waals surface area contributed by atoms with Gasteiger partial charge < -0.3 is 19.5 Å². The summed E-state index contributed by atoms with van der Waals surface area (Å²) in [6, 6.07) is 23.6. The molecular formula is C24H25N5O3. The molecule has 0 saturated heterocycles. The summed E-state index contributed by atoms with van der Waals surface area (Å²) in [5.41, 5.74) is 2.98. The number of para-hydroxylation sites is 2. The van der Waals surface area contributed by atoms with E-state index in [1.165, 1.54) is 0 Å². The van der Waals surface area contributed by atoms with E-state index < -0.39 is 0 Å². The third kappa shape index (κ3) is 5.04. The second-order valence-electron chi connectivity index (χ2n) is 6.94. The highest BCUT2D eigenvalue weighted by Crippen LogP contribution is 2.32. The number of benzene rings is 3. The fourth-order valence-corrected chi connectivity index (χ4v) is 3.28. The lowest BCUT2D eigenvalue weighted by molar-refractivity contribution is 0.315. The van der Waals surface area contributed by atoms with E-state index in [1.54, 1.807) is 11.8 Å². The molecule has 0 radical (unpaired) electrons. The van der Waals surface area contributed by atoms with Gasteiger partial charge in [-0.15, -0.1) is 0 Å². The molecule has 0 fully saturated rings. The number of nitrogens with one attached hydrogen (secondary N) is 1. The van der Waals surface area contributed by atoms with Gasteiger partial charge in [0.2, 0.25) is 0 Å². The normalized spacial score (nSPS) is 10.7. The molecule has 0 atom stereocenters. The highest BCUT2D eigenvalue weighted by Gasteiger charge is 2.14. The van der Waals surface area contributed by atoms with Crippen LogP contribution in [-0.4, -0.2) is 33.9 Å². The van der Waals surface area contributed by atoms with Crippen LogP contribution < -0.4 is 19.5 Å². The fourth-order valence-electron chi connectivity index (χ4n) is 3.28. The second kappa shape index (κ2) is 10.4. The molecule has 32 heavy (non-hydrogen) atoms. The summed E-state index contributed by atoms with van der Waals surface area (Å²) >= 11 is 0. The topological polar surface area (TPSA) is 83.3 Å². The van der Waals surface area contributed by atoms with Gasteiger partial charge in [-0.25, -0.2) is 0 Å². The van der Waals surface area contributed by atoms with Crippen molar-refractivity contribution < 1.29 is 14.2 Å². The SMILES string of the molecule is CCOc1cc(CNCc2ccccc2OC)ccc1Oc1nnnn1-c1ccccc1. The van der Waals surface area contributed by atoms with Crippen molar-refractivity contribution in [2.24, 2.45) is 0 Å². The van der Waals surface area contributed by atoms with Gasteiger partial charge in [0.1, 0.15) is 5.75 Å². The molecule has 1 heterocycles. The first-order chi connectivity index (χ1) is 15.8. The van der Waals surface area contributed by atoms with Crippen molar-refractivity contribution in [3.63, 3.8) is 0 Å². The van der Waals surface area contributed by atoms with Crippen LogP contribution >= 0.6 is 0 Å². The largest absolute Gasteiger partial charge is 0.496 e. The number of hydrogen-bond donors (Lipinski definition) is 1. The monoisotopic (exact) mass is 431 g/mol. The number of ether oxygens (including phenoxy) is 3. The van der Waals surface area contributed by atoms with Crippen molar-refractivity contribution in [2.75, 3.05) is 13.7 Å². The molecule has 0 spiro atoms. The Morgan fingerprint density at radius 3 is 2.50 bits per heavy atom. The van der Waals surface area contributed by atoms with E-state index in [0.717, 1.165) is 22.6 Å². The van der Waals surface area contributed by atoms with Gasteiger partial charge in [0, 0.05) is 18.7 Å². The standard InChI is InChI=1S/C24H25N5O3/c1-3-31-23-15-18(16-25-17-19-9-7-8-12-21(19)30-2)13-14-22(23)32-24-26-27-28-29(24)20-10-5-4-6-11-20/h4-15,25H,3,16-17H2,1-2H3. The molecular weight excluding hydrogens is 406 g/mol. The van der Waals surface area contributed by atoms with Gasteiger partial charge in [0.05, 0.1) is 19.4 Å². The number of rotatable bonds is 10. The van der Waals surface area contributed by atoms with Crippen LogP contribution in [0.15, 0.2) is 72.8 Å². The van der Waals surface area contributed by atoms with Gasteiger partial charge >= 0.3 is 6.01 Å². The quantitative estimate of drug-likeness (QED) is 0.404. The average Bonchev–Trinajstić information content (AvgIpc) is 3.30. The molecule has 4 rings (SSSR count). The third-order valence-corrected chi connectivity index (χ3v) is 4.79. The average molecular weight is 431 g/mol. The van der Waals surface area contributed by atoms with Crippen LogP contribution in [0.4, 0.5) is 0 Å². The lowest BCUT2D eigenvalue weighted by Crippen LogP contribution is -2.13. The van der Waals surface area contributed by atoms with Crippen molar-refractivity contribution >= 4 is 0 Å². The first kappa shape index (κ1) is 21.3. The molecule has 8 nitrogen and oxygen atoms in total. The van der Waals surface area contributed by atoms with Crippen LogP contribution in [0.25, 0.3) is 5.69 Å². The van der Waals surface area contributed by atoms with Crippen LogP contribution in [0.5, 0.6) is 23.3 Å². The Bertz CT molecular complexity index is 1150. The van der Waals surface area contributed by atoms with Gasteiger partial charge in [-0.1, -0.05) is 47.6 Å². The number of nitrogens with zero attached hydrogens (tertiary/aromatic N) is 4. The van der Waals surface area contributed by atoms with Gasteiger partial charge in [-0.3, -0.25) is 0 Å². The minimum Gasteiger partial charge on any atom is -0.496 e. The number of methoxy groups -OCH3 is 1. The van der Waals surface area contributed by atoms with Crippen molar-refractivity contribution in [2.45, 2.75) is 20.0 Å². The summed E-state index contributed by atoms with van der Waals surface area (Å²) in [5.74, 6) is 2.05. The maximum atomic E-state index is 6.01. The molecule has 1 N–H and O–H groups in total. The first-order valence-electron chi connectivity index (χ1n) is 10.4. The summed E-state index contributed by atoms with van der Waals surface area (Å²) < 4.78 is 18.8. The minimum absolute atomic E-state index is 0.263. The smallest absolute Gasteiger partial charge is 0.346 e. The fraction of sp³-hybridized carbons (Fsp3) is 0.208. The molecule has 3 aromatic carbocycles. The Morgan fingerprint density at radius 2 is 1.69 bits per heavy atom. The van der Waals surface area contributed by atoms with E-state index in [1.807, 2.05) is 79.7 Å². The Kier molecular flexibility index (Phi) is 6.94. The van der Waals surface area contributed by atoms with E-state index in [9.17, 15) is 0 Å². The van der Waals surface area contributed by atoms with Gasteiger partial charge in [0.25, 0.3) is 0 Å². The van der Waals surface area contributed by atoms with Crippen molar-refractivity contribution in [3.05, 3.63) is 83.9 Å². The van der Waals surface area contributed by atoms with E-state index in [-0.39, 0.29) is 6.01 Å². The zero-order valence-corrected chi connectivity index (χ0v) is 18.1. The Labute approximate surface area is 186 Å². The van der Waals surface area contributed by atoms with Crippen LogP contribution in [0.2, 0.25) is 0 Å². The molecule has 164 valence electrons. The second-order valence-corrected chi connectivity index (χ2v) is 6.94. The molecule has 0 aliphatic carbocycles. The van der Waals surface area contributed by atoms with E-state index in [0.29, 0.717) is 31.2 Å². The highest BCUT2D eigenvalue weighted by atomic mass is 16.5. The van der Waals surface area contributed by atoms with Gasteiger partial charge in [0.15, 0.2) is 11.5 Å². The minimum atomic E-state index is 0.263. The molecule has 0 amide bonds. The van der Waals surface area contributed by atoms with Gasteiger partial charge in [-0.2, -0.15) is 4.68 Å². The summed E-state index contributed by atoms with van der Waals surface area (Å²) in [7, 11) is 1.68. The molecule has 1 aromatic heterocycles. The summed E-state index contributed by atoms with van der Waals surface area (Å²) in [5, 5.41) is 15.2. The maximum Gasteiger partial charge on any atom is 0.346 e. The zero-order valence-electron chi connectivity index (χ0n) is 18.1. The zero-order chi connectivity index (χ0) is 22.2. The Hall–Kier alpha value is -3.91. The van der Waals surface area contributed by atoms with Crippen molar-refractivity contribution in [3.8, 4) is 28.9 Å². The predicted molar refractivity (Wildman–Crippen MR) is 120 cm³/mol. The molecule has 0 bridgehead atoms. The summed E-state index contributed by atoms with van der Waals surface area (Å²) in [4.78, 5) is 0. The number of hydrogen-bond acceptors (Lipinski definition) is 7. The van der Waals surface area contributed by atoms with Crippen LogP contribution in [0, 0.1) is 0 Å². The molecule has 0 saturated carbocycles. The molecule has 0 aliphatic rings. The predicted octanol–water partition coefficient (Wildman–Crippen LogP) is 4.15. The third-order valence-electron chi connectivity index (χ3n) is 4.79. The molecule has 0 aliphatic heterocycles. The molecule has 8 heteroatoms. The first-order valence-corrected chi connectivity index (χ1v) is 10.4. The van der Waals surface area contributed by atoms with Crippen LogP contribution in [-0.2, 0) is 13.1 Å². The summed E-state index contributed by atoms with van der Waals surface area (Å²) in [6.45, 7) is 3.81. The number of aromatic nitrogens is 4. The van der Waals surface area contributed by atoms with Crippen molar-refractivity contribution in [1.29, 1.82) is 0 Å². The lowest BCUT2D eigenvalue weighted by Gasteiger charge is -2.13. The number of tetrazole rings is 1. The van der Waals surface area contributed by atoms with E-state index >= 15 is 0 Å². The Morgan fingerprint density at radius 1 is 0.875 bits per heavy atom. The van der Waals surface area contributed by atoms with Gasteiger partial charge in [-0.05, 0) is 53.2 Å². The van der Waals surface area contributed by atoms with Crippen molar-refractivity contribution in [1.82, 2.24) is 25.5 Å². The lowest BCUT2D eigenvalue weighted by atomic mass is 10.1. The highest BCUT2D eigenvalue weighted by molar-refractivity contribution is 5.45. The molecule has 0 unspecified atom stereocenters.